The quantitative estimate of drug-likeness (QED) is 0.106. The summed E-state index contributed by atoms with van der Waals surface area (Å²) in [6.07, 6.45) is 0.449. The van der Waals surface area contributed by atoms with E-state index in [4.69, 9.17) is 11.5 Å². The second-order valence-electron chi connectivity index (χ2n) is 7.95. The molecule has 1 aromatic rings. The molecule has 5 atom stereocenters. The van der Waals surface area contributed by atoms with Crippen molar-refractivity contribution in [2.75, 3.05) is 12.3 Å². The van der Waals surface area contributed by atoms with E-state index < -0.39 is 54.0 Å². The molecule has 1 rings (SSSR count). The second kappa shape index (κ2) is 15.3. The van der Waals surface area contributed by atoms with E-state index in [0.29, 0.717) is 31.4 Å². The number of aliphatic hydroxyl groups excluding tert-OH is 1. The summed E-state index contributed by atoms with van der Waals surface area (Å²) in [4.78, 5) is 49.5. The number of nitrogens with two attached hydrogens (primary N) is 2. The number of carboxylic acid groups (broad SMARTS) is 1. The Morgan fingerprint density at radius 3 is 2.12 bits per heavy atom. The van der Waals surface area contributed by atoms with Gasteiger partial charge in [-0.15, -0.1) is 0 Å². The second-order valence-corrected chi connectivity index (χ2v) is 8.32. The van der Waals surface area contributed by atoms with Crippen LogP contribution in [0.15, 0.2) is 30.3 Å². The molecule has 3 amide bonds. The highest BCUT2D eigenvalue weighted by atomic mass is 32.1. The van der Waals surface area contributed by atoms with Gasteiger partial charge in [-0.2, -0.15) is 12.6 Å². The number of hydrogen-bond donors (Lipinski definition) is 8. The largest absolute Gasteiger partial charge is 0.480 e. The van der Waals surface area contributed by atoms with Crippen LogP contribution in [-0.2, 0) is 25.6 Å². The number of nitrogens with one attached hydrogen (secondary N) is 3. The maximum absolute atomic E-state index is 12.9. The summed E-state index contributed by atoms with van der Waals surface area (Å²) in [6, 6.07) is 4.08. The summed E-state index contributed by atoms with van der Waals surface area (Å²) in [7, 11) is 0. The number of thiol groups is 1. The third kappa shape index (κ3) is 10.1. The number of aliphatic carboxylic acids is 1. The Balaban J connectivity index is 2.98. The van der Waals surface area contributed by atoms with Crippen LogP contribution in [-0.4, -0.2) is 76.5 Å². The molecule has 0 aliphatic heterocycles. The van der Waals surface area contributed by atoms with Gasteiger partial charge >= 0.3 is 5.97 Å². The van der Waals surface area contributed by atoms with Crippen LogP contribution in [0.3, 0.4) is 0 Å². The van der Waals surface area contributed by atoms with Crippen molar-refractivity contribution < 1.29 is 29.4 Å². The minimum atomic E-state index is -1.38. The van der Waals surface area contributed by atoms with Gasteiger partial charge in [0.1, 0.15) is 18.1 Å². The molecule has 0 aliphatic rings. The Morgan fingerprint density at radius 2 is 1.59 bits per heavy atom. The normalized spacial score (nSPS) is 15.3. The first kappa shape index (κ1) is 29.4. The molecule has 5 unspecified atom stereocenters. The summed E-state index contributed by atoms with van der Waals surface area (Å²) in [6.45, 7) is 1.78. The molecule has 12 heteroatoms. The maximum atomic E-state index is 12.9. The Labute approximate surface area is 204 Å². The number of carboxylic acids is 1. The van der Waals surface area contributed by atoms with E-state index in [-0.39, 0.29) is 12.2 Å². The Bertz CT molecular complexity index is 810. The van der Waals surface area contributed by atoms with E-state index in [1.807, 2.05) is 0 Å². The van der Waals surface area contributed by atoms with Crippen LogP contribution in [0.25, 0.3) is 0 Å². The highest BCUT2D eigenvalue weighted by Gasteiger charge is 2.32. The average Bonchev–Trinajstić information content (AvgIpc) is 2.80. The molecule has 1 aromatic carbocycles. The number of carbonyl (C=O) groups excluding carboxylic acids is 3. The molecule has 0 saturated carbocycles. The van der Waals surface area contributed by atoms with Crippen molar-refractivity contribution in [1.29, 1.82) is 0 Å². The Kier molecular flexibility index (Phi) is 13.2. The van der Waals surface area contributed by atoms with Gasteiger partial charge in [0, 0.05) is 12.2 Å². The van der Waals surface area contributed by atoms with Crippen molar-refractivity contribution in [3.63, 3.8) is 0 Å². The molecule has 9 N–H and O–H groups in total. The van der Waals surface area contributed by atoms with Crippen LogP contribution in [0.4, 0.5) is 0 Å². The summed E-state index contributed by atoms with van der Waals surface area (Å²) in [5.74, 6) is -3.60. The predicted molar refractivity (Wildman–Crippen MR) is 130 cm³/mol. The fraction of sp³-hybridized carbons (Fsp3) is 0.545. The summed E-state index contributed by atoms with van der Waals surface area (Å²) in [5, 5.41) is 26.6. The first-order valence-electron chi connectivity index (χ1n) is 11.0. The van der Waals surface area contributed by atoms with Gasteiger partial charge in [0.15, 0.2) is 0 Å². The number of carbonyl (C=O) groups is 4. The van der Waals surface area contributed by atoms with Crippen LogP contribution in [0.2, 0.25) is 0 Å². The lowest BCUT2D eigenvalue weighted by Gasteiger charge is -2.26. The first-order valence-corrected chi connectivity index (χ1v) is 11.7. The van der Waals surface area contributed by atoms with Gasteiger partial charge in [0.25, 0.3) is 0 Å². The minimum Gasteiger partial charge on any atom is -0.480 e. The third-order valence-electron chi connectivity index (χ3n) is 5.08. The molecule has 0 spiro atoms. The van der Waals surface area contributed by atoms with E-state index in [1.165, 1.54) is 6.92 Å². The number of hydrogen-bond acceptors (Lipinski definition) is 8. The number of rotatable bonds is 15. The number of aliphatic hydroxyl groups is 1. The zero-order valence-electron chi connectivity index (χ0n) is 19.1. The van der Waals surface area contributed by atoms with Gasteiger partial charge in [-0.3, -0.25) is 14.4 Å². The fourth-order valence-electron chi connectivity index (χ4n) is 3.08. The van der Waals surface area contributed by atoms with Gasteiger partial charge in [-0.05, 0) is 31.9 Å². The molecule has 0 heterocycles. The molecule has 34 heavy (non-hydrogen) atoms. The number of amides is 3. The van der Waals surface area contributed by atoms with Crippen molar-refractivity contribution in [1.82, 2.24) is 16.0 Å². The van der Waals surface area contributed by atoms with Gasteiger partial charge in [0.2, 0.25) is 17.7 Å². The average molecular weight is 498 g/mol. The van der Waals surface area contributed by atoms with E-state index in [1.54, 1.807) is 30.3 Å². The molecular weight excluding hydrogens is 462 g/mol. The van der Waals surface area contributed by atoms with Crippen molar-refractivity contribution in [2.24, 2.45) is 11.5 Å². The number of unbranched alkanes of at least 4 members (excludes halogenated alkanes) is 1. The van der Waals surface area contributed by atoms with Crippen LogP contribution < -0.4 is 27.4 Å². The van der Waals surface area contributed by atoms with E-state index in [2.05, 4.69) is 28.6 Å². The monoisotopic (exact) mass is 497 g/mol. The van der Waals surface area contributed by atoms with Crippen LogP contribution >= 0.6 is 12.6 Å². The SMILES string of the molecule is CC(O)C(NC(=O)C(N)CCCCN)C(=O)NC(Cc1ccccc1)C(=O)NC(CS)C(=O)O. The third-order valence-corrected chi connectivity index (χ3v) is 5.45. The van der Waals surface area contributed by atoms with Crippen LogP contribution in [0.5, 0.6) is 0 Å². The summed E-state index contributed by atoms with van der Waals surface area (Å²) >= 11 is 3.93. The predicted octanol–water partition coefficient (Wildman–Crippen LogP) is -1.46. The van der Waals surface area contributed by atoms with Crippen molar-refractivity contribution >= 4 is 36.3 Å². The fourth-order valence-corrected chi connectivity index (χ4v) is 3.33. The van der Waals surface area contributed by atoms with Crippen molar-refractivity contribution in [3.05, 3.63) is 35.9 Å². The molecule has 11 nitrogen and oxygen atoms in total. The Morgan fingerprint density at radius 1 is 0.971 bits per heavy atom. The van der Waals surface area contributed by atoms with Gasteiger partial charge in [0.05, 0.1) is 12.1 Å². The number of benzene rings is 1. The molecule has 0 bridgehead atoms. The highest BCUT2D eigenvalue weighted by molar-refractivity contribution is 7.80. The van der Waals surface area contributed by atoms with Crippen LogP contribution in [0, 0.1) is 0 Å². The first-order chi connectivity index (χ1) is 16.1. The molecular formula is C22H35N5O6S. The molecule has 190 valence electrons. The minimum absolute atomic E-state index is 0.0520. The molecule has 0 aromatic heterocycles. The highest BCUT2D eigenvalue weighted by Crippen LogP contribution is 2.06. The van der Waals surface area contributed by atoms with E-state index in [0.717, 1.165) is 0 Å². The Hall–Kier alpha value is -2.67. The summed E-state index contributed by atoms with van der Waals surface area (Å²) < 4.78 is 0. The smallest absolute Gasteiger partial charge is 0.327 e. The van der Waals surface area contributed by atoms with Crippen molar-refractivity contribution in [3.8, 4) is 0 Å². The van der Waals surface area contributed by atoms with E-state index in [9.17, 15) is 29.4 Å². The molecule has 0 fully saturated rings. The lowest BCUT2D eigenvalue weighted by Crippen LogP contribution is -2.60. The van der Waals surface area contributed by atoms with Crippen molar-refractivity contribution in [2.45, 2.75) is 62.9 Å². The van der Waals surface area contributed by atoms with Gasteiger partial charge in [-0.1, -0.05) is 36.8 Å². The molecule has 0 radical (unpaired) electrons. The van der Waals surface area contributed by atoms with E-state index >= 15 is 0 Å². The zero-order chi connectivity index (χ0) is 25.7. The molecule has 0 aliphatic carbocycles. The lowest BCUT2D eigenvalue weighted by molar-refractivity contribution is -0.141. The van der Waals surface area contributed by atoms with Crippen LogP contribution in [0.1, 0.15) is 31.7 Å². The summed E-state index contributed by atoms with van der Waals surface area (Å²) in [5.41, 5.74) is 12.0. The topological polar surface area (TPSA) is 197 Å². The standard InChI is InChI=1S/C22H35N5O6S/c1-13(28)18(27-19(29)15(24)9-5-6-10-23)21(31)25-16(11-14-7-3-2-4-8-14)20(30)26-17(12-34)22(32)33/h2-4,7-8,13,15-18,28,34H,5-6,9-12,23-24H2,1H3,(H,25,31)(H,26,30)(H,27,29)(H,32,33). The van der Waals surface area contributed by atoms with Gasteiger partial charge in [-0.25, -0.2) is 4.79 Å². The molecule has 0 saturated heterocycles. The van der Waals surface area contributed by atoms with Gasteiger partial charge < -0.3 is 37.6 Å². The lowest BCUT2D eigenvalue weighted by atomic mass is 10.0. The zero-order valence-corrected chi connectivity index (χ0v) is 20.0. The maximum Gasteiger partial charge on any atom is 0.327 e.